The number of nitrogens with zero attached hydrogens (tertiary/aromatic N) is 5. The highest BCUT2D eigenvalue weighted by Gasteiger charge is 2.27. The Bertz CT molecular complexity index is 899. The summed E-state index contributed by atoms with van der Waals surface area (Å²) in [7, 11) is 1.96. The second kappa shape index (κ2) is 5.83. The molecule has 0 radical (unpaired) electrons. The van der Waals surface area contributed by atoms with Gasteiger partial charge in [0.15, 0.2) is 5.13 Å². The molecule has 3 aromatic heterocycles. The fraction of sp³-hybridized carbons (Fsp3) is 0.294. The van der Waals surface area contributed by atoms with Gasteiger partial charge in [-0.15, -0.1) is 11.3 Å². The van der Waals surface area contributed by atoms with Crippen molar-refractivity contribution in [3.63, 3.8) is 0 Å². The molecule has 0 N–H and O–H groups in total. The van der Waals surface area contributed by atoms with Gasteiger partial charge >= 0.3 is 0 Å². The van der Waals surface area contributed by atoms with Crippen molar-refractivity contribution < 1.29 is 4.79 Å². The zero-order chi connectivity index (χ0) is 16.7. The first kappa shape index (κ1) is 15.0. The third-order valence-corrected chi connectivity index (χ3v) is 5.43. The van der Waals surface area contributed by atoms with Crippen LogP contribution in [-0.2, 0) is 19.9 Å². The molecule has 4 rings (SSSR count). The maximum Gasteiger partial charge on any atom is 0.261 e. The fourth-order valence-electron chi connectivity index (χ4n) is 3.03. The molecule has 122 valence electrons. The van der Waals surface area contributed by atoms with Gasteiger partial charge in [0.2, 0.25) is 0 Å². The van der Waals surface area contributed by atoms with Gasteiger partial charge in [-0.3, -0.25) is 19.4 Å². The molecular formula is C17H17N5OS. The Morgan fingerprint density at radius 3 is 3.00 bits per heavy atom. The molecule has 1 aliphatic rings. The first-order valence-electron chi connectivity index (χ1n) is 7.92. The molecule has 0 unspecified atom stereocenters. The quantitative estimate of drug-likeness (QED) is 0.736. The van der Waals surface area contributed by atoms with Crippen LogP contribution in [0.3, 0.4) is 0 Å². The van der Waals surface area contributed by atoms with Crippen LogP contribution in [0.1, 0.15) is 27.9 Å². The van der Waals surface area contributed by atoms with Gasteiger partial charge in [0, 0.05) is 42.1 Å². The SMILES string of the molecule is CCN(C(=O)c1cccnc1)c1nc2c(s1)CCc1c-2cnn1C. The lowest BCUT2D eigenvalue weighted by Gasteiger charge is -2.17. The van der Waals surface area contributed by atoms with Crippen LogP contribution in [0.25, 0.3) is 11.3 Å². The molecule has 1 aliphatic carbocycles. The number of fused-ring (bicyclic) bond motifs is 3. The topological polar surface area (TPSA) is 63.9 Å². The molecule has 0 fully saturated rings. The molecular weight excluding hydrogens is 322 g/mol. The summed E-state index contributed by atoms with van der Waals surface area (Å²) < 4.78 is 1.91. The fourth-order valence-corrected chi connectivity index (χ4v) is 4.17. The van der Waals surface area contributed by atoms with E-state index >= 15 is 0 Å². The van der Waals surface area contributed by atoms with Gasteiger partial charge in [-0.1, -0.05) is 0 Å². The van der Waals surface area contributed by atoms with Crippen molar-refractivity contribution in [1.82, 2.24) is 19.7 Å². The average molecular weight is 339 g/mol. The molecule has 0 atom stereocenters. The van der Waals surface area contributed by atoms with Crippen molar-refractivity contribution in [2.24, 2.45) is 7.05 Å². The number of hydrogen-bond acceptors (Lipinski definition) is 5. The summed E-state index contributed by atoms with van der Waals surface area (Å²) in [5.74, 6) is -0.0666. The Morgan fingerprint density at radius 1 is 1.38 bits per heavy atom. The van der Waals surface area contributed by atoms with E-state index in [4.69, 9.17) is 4.98 Å². The number of aryl methyl sites for hydroxylation is 2. The second-order valence-corrected chi connectivity index (χ2v) is 6.75. The van der Waals surface area contributed by atoms with Gasteiger partial charge < -0.3 is 0 Å². The van der Waals surface area contributed by atoms with Crippen molar-refractivity contribution in [3.05, 3.63) is 46.9 Å². The predicted molar refractivity (Wildman–Crippen MR) is 93.3 cm³/mol. The van der Waals surface area contributed by atoms with Crippen molar-refractivity contribution >= 4 is 22.4 Å². The standard InChI is InChI=1S/C17H17N5OS/c1-3-22(16(23)11-5-4-8-18-9-11)17-20-15-12-10-19-21(2)13(12)6-7-14(15)24-17/h4-5,8-10H,3,6-7H2,1-2H3. The molecule has 6 nitrogen and oxygen atoms in total. The monoisotopic (exact) mass is 339 g/mol. The first-order valence-corrected chi connectivity index (χ1v) is 8.73. The maximum atomic E-state index is 12.8. The highest BCUT2D eigenvalue weighted by Crippen LogP contribution is 2.39. The zero-order valence-corrected chi connectivity index (χ0v) is 14.4. The number of thiazole rings is 1. The normalized spacial score (nSPS) is 12.6. The largest absolute Gasteiger partial charge is 0.284 e. The van der Waals surface area contributed by atoms with E-state index in [0.717, 1.165) is 29.2 Å². The van der Waals surface area contributed by atoms with E-state index in [-0.39, 0.29) is 5.91 Å². The minimum Gasteiger partial charge on any atom is -0.284 e. The maximum absolute atomic E-state index is 12.8. The molecule has 0 bridgehead atoms. The average Bonchev–Trinajstić information content (AvgIpc) is 3.20. The number of carbonyl (C=O) groups is 1. The van der Waals surface area contributed by atoms with Gasteiger partial charge in [-0.05, 0) is 31.9 Å². The minimum absolute atomic E-state index is 0.0666. The van der Waals surface area contributed by atoms with Crippen LogP contribution in [0, 0.1) is 0 Å². The number of rotatable bonds is 3. The summed E-state index contributed by atoms with van der Waals surface area (Å²) in [6, 6.07) is 3.56. The molecule has 0 saturated heterocycles. The van der Waals surface area contributed by atoms with Crippen LogP contribution >= 0.6 is 11.3 Å². The highest BCUT2D eigenvalue weighted by atomic mass is 32.1. The van der Waals surface area contributed by atoms with E-state index in [1.54, 1.807) is 40.8 Å². The highest BCUT2D eigenvalue weighted by molar-refractivity contribution is 7.16. The lowest BCUT2D eigenvalue weighted by Crippen LogP contribution is -2.30. The number of carbonyl (C=O) groups excluding carboxylic acids is 1. The Labute approximate surface area is 143 Å². The van der Waals surface area contributed by atoms with E-state index in [9.17, 15) is 4.79 Å². The number of hydrogen-bond donors (Lipinski definition) is 0. The van der Waals surface area contributed by atoms with Crippen LogP contribution in [0.5, 0.6) is 0 Å². The lowest BCUT2D eigenvalue weighted by atomic mass is 10.0. The van der Waals surface area contributed by atoms with Crippen molar-refractivity contribution in [2.75, 3.05) is 11.4 Å². The summed E-state index contributed by atoms with van der Waals surface area (Å²) in [6.45, 7) is 2.53. The van der Waals surface area contributed by atoms with Crippen LogP contribution in [-0.4, -0.2) is 32.2 Å². The lowest BCUT2D eigenvalue weighted by molar-refractivity contribution is 0.0988. The molecule has 0 aliphatic heterocycles. The number of anilines is 1. The first-order chi connectivity index (χ1) is 11.7. The van der Waals surface area contributed by atoms with Crippen molar-refractivity contribution in [2.45, 2.75) is 19.8 Å². The second-order valence-electron chi connectivity index (χ2n) is 5.69. The molecule has 0 aromatic carbocycles. The van der Waals surface area contributed by atoms with Crippen LogP contribution in [0.15, 0.2) is 30.7 Å². The molecule has 0 spiro atoms. The number of amides is 1. The molecule has 3 aromatic rings. The molecule has 0 saturated carbocycles. The van der Waals surface area contributed by atoms with Crippen molar-refractivity contribution in [1.29, 1.82) is 0 Å². The summed E-state index contributed by atoms with van der Waals surface area (Å²) in [4.78, 5) is 24.5. The van der Waals surface area contributed by atoms with Crippen LogP contribution < -0.4 is 4.90 Å². The smallest absolute Gasteiger partial charge is 0.261 e. The predicted octanol–water partition coefficient (Wildman–Crippen LogP) is 2.70. The van der Waals surface area contributed by atoms with Gasteiger partial charge in [-0.2, -0.15) is 5.10 Å². The van der Waals surface area contributed by atoms with Crippen LogP contribution in [0.2, 0.25) is 0 Å². The van der Waals surface area contributed by atoms with Crippen LogP contribution in [0.4, 0.5) is 5.13 Å². The Hall–Kier alpha value is -2.54. The summed E-state index contributed by atoms with van der Waals surface area (Å²) in [5, 5.41) is 5.09. The summed E-state index contributed by atoms with van der Waals surface area (Å²) >= 11 is 1.60. The molecule has 24 heavy (non-hydrogen) atoms. The van der Waals surface area contributed by atoms with Crippen molar-refractivity contribution in [3.8, 4) is 11.3 Å². The minimum atomic E-state index is -0.0666. The Morgan fingerprint density at radius 2 is 2.25 bits per heavy atom. The number of pyridine rings is 1. The van der Waals surface area contributed by atoms with E-state index < -0.39 is 0 Å². The molecule has 1 amide bonds. The van der Waals surface area contributed by atoms with Gasteiger partial charge in [-0.25, -0.2) is 4.98 Å². The third kappa shape index (κ3) is 2.32. The van der Waals surface area contributed by atoms with Gasteiger partial charge in [0.25, 0.3) is 5.91 Å². The summed E-state index contributed by atoms with van der Waals surface area (Å²) in [5.41, 5.74) is 3.85. The van der Waals surface area contributed by atoms with E-state index in [0.29, 0.717) is 12.1 Å². The molecule has 3 heterocycles. The Balaban J connectivity index is 1.73. The van der Waals surface area contributed by atoms with E-state index in [2.05, 4.69) is 10.1 Å². The van der Waals surface area contributed by atoms with E-state index in [1.807, 2.05) is 24.9 Å². The zero-order valence-electron chi connectivity index (χ0n) is 13.6. The third-order valence-electron chi connectivity index (χ3n) is 4.29. The number of aromatic nitrogens is 4. The van der Waals surface area contributed by atoms with E-state index in [1.165, 1.54) is 10.6 Å². The molecule has 7 heteroatoms. The Kier molecular flexibility index (Phi) is 3.65. The van der Waals surface area contributed by atoms with Gasteiger partial charge in [0.05, 0.1) is 17.5 Å². The summed E-state index contributed by atoms with van der Waals surface area (Å²) in [6.07, 6.45) is 7.04. The van der Waals surface area contributed by atoms with Gasteiger partial charge in [0.1, 0.15) is 0 Å².